The zero-order chi connectivity index (χ0) is 14.9. The molecule has 0 saturated carbocycles. The molecule has 0 aliphatic heterocycles. The van der Waals surface area contributed by atoms with Crippen LogP contribution in [0.1, 0.15) is 38.3 Å². The van der Waals surface area contributed by atoms with E-state index in [1.807, 2.05) is 16.9 Å². The van der Waals surface area contributed by atoms with Crippen molar-refractivity contribution >= 4 is 0 Å². The molecular weight excluding hydrogens is 262 g/mol. The van der Waals surface area contributed by atoms with Crippen LogP contribution < -0.4 is 10.1 Å². The van der Waals surface area contributed by atoms with Crippen LogP contribution in [-0.4, -0.2) is 22.9 Å². The molecule has 1 unspecified atom stereocenters. The Balaban J connectivity index is 1.83. The molecular formula is C17H25N3O. The van der Waals surface area contributed by atoms with E-state index in [0.29, 0.717) is 12.6 Å². The Morgan fingerprint density at radius 1 is 1.24 bits per heavy atom. The molecule has 0 amide bonds. The Morgan fingerprint density at radius 2 is 2.05 bits per heavy atom. The number of hydrogen-bond acceptors (Lipinski definition) is 3. The summed E-state index contributed by atoms with van der Waals surface area (Å²) >= 11 is 0. The molecule has 0 bridgehead atoms. The van der Waals surface area contributed by atoms with Crippen molar-refractivity contribution in [2.45, 2.75) is 39.3 Å². The van der Waals surface area contributed by atoms with Crippen molar-refractivity contribution < 1.29 is 4.74 Å². The van der Waals surface area contributed by atoms with Crippen LogP contribution in [0.3, 0.4) is 0 Å². The third-order valence-corrected chi connectivity index (χ3v) is 3.48. The summed E-state index contributed by atoms with van der Waals surface area (Å²) < 4.78 is 7.62. The highest BCUT2D eigenvalue weighted by Gasteiger charge is 2.07. The zero-order valence-corrected chi connectivity index (χ0v) is 13.0. The Kier molecular flexibility index (Phi) is 6.28. The Labute approximate surface area is 127 Å². The van der Waals surface area contributed by atoms with Gasteiger partial charge in [0, 0.05) is 18.4 Å². The molecule has 1 aromatic heterocycles. The lowest BCUT2D eigenvalue weighted by atomic mass is 10.0. The molecule has 1 N–H and O–H groups in total. The molecule has 0 saturated heterocycles. The maximum Gasteiger partial charge on any atom is 0.119 e. The van der Waals surface area contributed by atoms with Gasteiger partial charge in [0.1, 0.15) is 12.4 Å². The van der Waals surface area contributed by atoms with Crippen LogP contribution in [0.4, 0.5) is 0 Å². The van der Waals surface area contributed by atoms with Gasteiger partial charge in [0.2, 0.25) is 0 Å². The van der Waals surface area contributed by atoms with Crippen molar-refractivity contribution in [3.8, 4) is 5.75 Å². The summed E-state index contributed by atoms with van der Waals surface area (Å²) in [6.07, 6.45) is 5.98. The molecule has 2 aromatic rings. The highest BCUT2D eigenvalue weighted by molar-refractivity contribution is 5.29. The first-order chi connectivity index (χ1) is 10.3. The van der Waals surface area contributed by atoms with Crippen molar-refractivity contribution in [2.75, 3.05) is 13.2 Å². The fourth-order valence-electron chi connectivity index (χ4n) is 2.30. The lowest BCUT2D eigenvalue weighted by molar-refractivity contribution is 0.291. The van der Waals surface area contributed by atoms with E-state index in [2.05, 4.69) is 48.5 Å². The Bertz CT molecular complexity index is 493. The molecule has 1 heterocycles. The second-order valence-corrected chi connectivity index (χ2v) is 5.10. The van der Waals surface area contributed by atoms with Gasteiger partial charge in [0.25, 0.3) is 0 Å². The van der Waals surface area contributed by atoms with Crippen LogP contribution in [0.15, 0.2) is 42.7 Å². The van der Waals surface area contributed by atoms with Gasteiger partial charge < -0.3 is 10.1 Å². The third kappa shape index (κ3) is 4.90. The number of nitrogens with one attached hydrogen (secondary N) is 1. The van der Waals surface area contributed by atoms with Crippen LogP contribution in [-0.2, 0) is 6.54 Å². The van der Waals surface area contributed by atoms with E-state index in [1.54, 1.807) is 6.20 Å². The molecule has 0 aliphatic rings. The summed E-state index contributed by atoms with van der Waals surface area (Å²) in [5, 5.41) is 7.72. The first-order valence-corrected chi connectivity index (χ1v) is 7.77. The smallest absolute Gasteiger partial charge is 0.119 e. The molecule has 0 radical (unpaired) electrons. The fraction of sp³-hybridized carbons (Fsp3) is 0.471. The number of hydrogen-bond donors (Lipinski definition) is 1. The molecule has 114 valence electrons. The van der Waals surface area contributed by atoms with Crippen molar-refractivity contribution in [3.63, 3.8) is 0 Å². The van der Waals surface area contributed by atoms with Crippen LogP contribution in [0.25, 0.3) is 0 Å². The van der Waals surface area contributed by atoms with E-state index in [1.165, 1.54) is 5.56 Å². The minimum Gasteiger partial charge on any atom is -0.492 e. The van der Waals surface area contributed by atoms with Gasteiger partial charge in [-0.25, -0.2) is 0 Å². The van der Waals surface area contributed by atoms with Gasteiger partial charge in [-0.3, -0.25) is 4.68 Å². The first kappa shape index (κ1) is 15.6. The SMILES string of the molecule is CCCNC(CC)c1ccc(OCCn2cccn2)cc1. The van der Waals surface area contributed by atoms with Crippen LogP contribution >= 0.6 is 0 Å². The summed E-state index contributed by atoms with van der Waals surface area (Å²) in [6, 6.07) is 10.8. The monoisotopic (exact) mass is 287 g/mol. The predicted octanol–water partition coefficient (Wildman–Crippen LogP) is 3.41. The summed E-state index contributed by atoms with van der Waals surface area (Å²) in [6.45, 7) is 6.86. The summed E-state index contributed by atoms with van der Waals surface area (Å²) in [7, 11) is 0. The Hall–Kier alpha value is -1.81. The third-order valence-electron chi connectivity index (χ3n) is 3.48. The van der Waals surface area contributed by atoms with Gasteiger partial charge in [-0.05, 0) is 43.1 Å². The molecule has 1 atom stereocenters. The van der Waals surface area contributed by atoms with Crippen molar-refractivity contribution in [3.05, 3.63) is 48.3 Å². The summed E-state index contributed by atoms with van der Waals surface area (Å²) in [5.41, 5.74) is 1.32. The van der Waals surface area contributed by atoms with E-state index in [0.717, 1.165) is 31.7 Å². The van der Waals surface area contributed by atoms with Crippen LogP contribution in [0.5, 0.6) is 5.75 Å². The van der Waals surface area contributed by atoms with Gasteiger partial charge in [0.05, 0.1) is 6.54 Å². The lowest BCUT2D eigenvalue weighted by Gasteiger charge is -2.17. The minimum absolute atomic E-state index is 0.433. The molecule has 0 spiro atoms. The molecule has 4 nitrogen and oxygen atoms in total. The van der Waals surface area contributed by atoms with Crippen LogP contribution in [0, 0.1) is 0 Å². The maximum atomic E-state index is 5.75. The van der Waals surface area contributed by atoms with Gasteiger partial charge >= 0.3 is 0 Å². The highest BCUT2D eigenvalue weighted by atomic mass is 16.5. The Morgan fingerprint density at radius 3 is 2.67 bits per heavy atom. The zero-order valence-electron chi connectivity index (χ0n) is 13.0. The molecule has 0 aliphatic carbocycles. The van der Waals surface area contributed by atoms with E-state index in [-0.39, 0.29) is 0 Å². The molecule has 4 heteroatoms. The lowest BCUT2D eigenvalue weighted by Crippen LogP contribution is -2.21. The van der Waals surface area contributed by atoms with E-state index in [9.17, 15) is 0 Å². The van der Waals surface area contributed by atoms with E-state index >= 15 is 0 Å². The molecule has 21 heavy (non-hydrogen) atoms. The number of aromatic nitrogens is 2. The molecule has 1 aromatic carbocycles. The summed E-state index contributed by atoms with van der Waals surface area (Å²) in [4.78, 5) is 0. The summed E-state index contributed by atoms with van der Waals surface area (Å²) in [5.74, 6) is 0.913. The number of rotatable bonds is 9. The van der Waals surface area contributed by atoms with Crippen molar-refractivity contribution in [2.24, 2.45) is 0 Å². The van der Waals surface area contributed by atoms with Crippen LogP contribution in [0.2, 0.25) is 0 Å². The average molecular weight is 287 g/mol. The fourth-order valence-corrected chi connectivity index (χ4v) is 2.30. The van der Waals surface area contributed by atoms with Gasteiger partial charge in [0.15, 0.2) is 0 Å². The molecule has 0 fully saturated rings. The maximum absolute atomic E-state index is 5.75. The highest BCUT2D eigenvalue weighted by Crippen LogP contribution is 2.20. The quantitative estimate of drug-likeness (QED) is 0.768. The normalized spacial score (nSPS) is 12.3. The van der Waals surface area contributed by atoms with Crippen molar-refractivity contribution in [1.82, 2.24) is 15.1 Å². The topological polar surface area (TPSA) is 39.1 Å². The standard InChI is InChI=1S/C17H25N3O/c1-3-10-18-17(4-2)15-6-8-16(9-7-15)21-14-13-20-12-5-11-19-20/h5-9,11-12,17-18H,3-4,10,13-14H2,1-2H3. The second kappa shape index (κ2) is 8.47. The molecule has 2 rings (SSSR count). The van der Waals surface area contributed by atoms with E-state index in [4.69, 9.17) is 4.74 Å². The largest absolute Gasteiger partial charge is 0.492 e. The second-order valence-electron chi connectivity index (χ2n) is 5.10. The van der Waals surface area contributed by atoms with Crippen molar-refractivity contribution in [1.29, 1.82) is 0 Å². The van der Waals surface area contributed by atoms with Gasteiger partial charge in [-0.15, -0.1) is 0 Å². The minimum atomic E-state index is 0.433. The number of nitrogens with zero attached hydrogens (tertiary/aromatic N) is 2. The number of benzene rings is 1. The first-order valence-electron chi connectivity index (χ1n) is 7.77. The van der Waals surface area contributed by atoms with Gasteiger partial charge in [-0.2, -0.15) is 5.10 Å². The van der Waals surface area contributed by atoms with E-state index < -0.39 is 0 Å². The average Bonchev–Trinajstić information content (AvgIpc) is 3.03. The number of ether oxygens (including phenoxy) is 1. The van der Waals surface area contributed by atoms with Gasteiger partial charge in [-0.1, -0.05) is 26.0 Å². The predicted molar refractivity (Wildman–Crippen MR) is 85.5 cm³/mol.